The van der Waals surface area contributed by atoms with E-state index in [-0.39, 0.29) is 15.5 Å². The number of hydrogen-bond acceptors (Lipinski definition) is 2. The molecule has 0 aromatic heterocycles. The van der Waals surface area contributed by atoms with Gasteiger partial charge < -0.3 is 8.85 Å². The van der Waals surface area contributed by atoms with Crippen LogP contribution in [0.15, 0.2) is 24.3 Å². The van der Waals surface area contributed by atoms with Crippen LogP contribution in [0.5, 0.6) is 0 Å². The molecule has 0 heterocycles. The van der Waals surface area contributed by atoms with Crippen molar-refractivity contribution in [3.05, 3.63) is 24.3 Å². The fraction of sp³-hybridized carbons (Fsp3) is 0.826. The molecule has 0 unspecified atom stereocenters. The van der Waals surface area contributed by atoms with Crippen LogP contribution >= 0.6 is 0 Å². The molecule has 0 saturated carbocycles. The monoisotopic (exact) mass is 410 g/mol. The van der Waals surface area contributed by atoms with Gasteiger partial charge in [0, 0.05) is 30.5 Å². The van der Waals surface area contributed by atoms with Crippen LogP contribution in [0.3, 0.4) is 0 Å². The maximum absolute atomic E-state index is 6.60. The average molecular weight is 411 g/mol. The van der Waals surface area contributed by atoms with Gasteiger partial charge in [-0.1, -0.05) is 79.7 Å². The molecule has 2 atom stereocenters. The van der Waals surface area contributed by atoms with Crippen LogP contribution in [0.2, 0.25) is 36.3 Å². The topological polar surface area (TPSA) is 18.5 Å². The van der Waals surface area contributed by atoms with Gasteiger partial charge in [0.2, 0.25) is 0 Å². The first-order valence-electron chi connectivity index (χ1n) is 10.5. The molecular weight excluding hydrogens is 364 g/mol. The minimum atomic E-state index is -1.75. The highest BCUT2D eigenvalue weighted by atomic mass is 28.4. The van der Waals surface area contributed by atoms with Crippen LogP contribution in [0.4, 0.5) is 0 Å². The van der Waals surface area contributed by atoms with E-state index in [1.54, 1.807) is 0 Å². The predicted molar refractivity (Wildman–Crippen MR) is 125 cm³/mol. The van der Waals surface area contributed by atoms with Gasteiger partial charge in [-0.25, -0.2) is 0 Å². The van der Waals surface area contributed by atoms with Crippen molar-refractivity contribution in [2.24, 2.45) is 17.3 Å². The second-order valence-electron chi connectivity index (χ2n) is 12.0. The minimum Gasteiger partial charge on any atom is -0.416 e. The first-order chi connectivity index (χ1) is 11.9. The molecule has 0 radical (unpaired) electrons. The zero-order valence-corrected chi connectivity index (χ0v) is 22.2. The van der Waals surface area contributed by atoms with E-state index in [0.29, 0.717) is 11.8 Å². The van der Waals surface area contributed by atoms with Gasteiger partial charge in [-0.05, 0) is 36.3 Å². The number of hydrogen-bond donors (Lipinski definition) is 0. The maximum atomic E-state index is 6.60. The first-order valence-corrected chi connectivity index (χ1v) is 16.4. The lowest BCUT2D eigenvalue weighted by molar-refractivity contribution is 0.176. The molecule has 0 aromatic rings. The Kier molecular flexibility index (Phi) is 7.64. The third-order valence-electron chi connectivity index (χ3n) is 6.98. The SMILES string of the molecule is CC1(C)C=C[C@H](CO[Si](C)(C)C(C)(C)C)[C@H](CO[Si](C)(C)C(C)(C)C)C=C1. The van der Waals surface area contributed by atoms with Crippen molar-refractivity contribution in [1.82, 2.24) is 0 Å². The largest absolute Gasteiger partial charge is 0.416 e. The van der Waals surface area contributed by atoms with Crippen LogP contribution in [-0.2, 0) is 8.85 Å². The van der Waals surface area contributed by atoms with Gasteiger partial charge in [0.15, 0.2) is 16.6 Å². The molecule has 0 aliphatic heterocycles. The smallest absolute Gasteiger partial charge is 0.192 e. The van der Waals surface area contributed by atoms with Crippen molar-refractivity contribution < 1.29 is 8.85 Å². The first kappa shape index (κ1) is 24.9. The molecular formula is C23H46O2Si2. The standard InChI is InChI=1S/C23H46O2Si2/c1-21(2,3)26(9,10)24-17-19-13-15-23(7,8)16-14-20(19)18-25-27(11,12)22(4,5)6/h13-16,19-20H,17-18H2,1-12H3/t19-,20+. The Morgan fingerprint density at radius 1 is 0.704 bits per heavy atom. The lowest BCUT2D eigenvalue weighted by Crippen LogP contribution is -2.44. The molecule has 0 fully saturated rings. The third kappa shape index (κ3) is 6.99. The van der Waals surface area contributed by atoms with E-state index in [1.807, 2.05) is 0 Å². The van der Waals surface area contributed by atoms with E-state index in [4.69, 9.17) is 8.85 Å². The summed E-state index contributed by atoms with van der Waals surface area (Å²) in [5.41, 5.74) is 0.0982. The lowest BCUT2D eigenvalue weighted by Gasteiger charge is -2.39. The Hall–Kier alpha value is -0.166. The Bertz CT molecular complexity index is 498. The molecule has 0 saturated heterocycles. The summed E-state index contributed by atoms with van der Waals surface area (Å²) >= 11 is 0. The maximum Gasteiger partial charge on any atom is 0.192 e. The van der Waals surface area contributed by atoms with Gasteiger partial charge in [-0.2, -0.15) is 0 Å². The summed E-state index contributed by atoms with van der Waals surface area (Å²) in [5, 5.41) is 0.480. The molecule has 0 amide bonds. The summed E-state index contributed by atoms with van der Waals surface area (Å²) in [6.07, 6.45) is 9.45. The van der Waals surface area contributed by atoms with Crippen molar-refractivity contribution >= 4 is 16.6 Å². The highest BCUT2D eigenvalue weighted by Crippen LogP contribution is 2.39. The van der Waals surface area contributed by atoms with Gasteiger partial charge in [-0.15, -0.1) is 0 Å². The number of rotatable bonds is 6. The summed E-state index contributed by atoms with van der Waals surface area (Å²) in [4.78, 5) is 0. The Morgan fingerprint density at radius 3 is 1.26 bits per heavy atom. The second kappa shape index (κ2) is 8.29. The molecule has 27 heavy (non-hydrogen) atoms. The summed E-state index contributed by atoms with van der Waals surface area (Å²) in [6.45, 7) is 29.3. The van der Waals surface area contributed by atoms with Crippen LogP contribution in [0.1, 0.15) is 55.4 Å². The summed E-state index contributed by atoms with van der Waals surface area (Å²) in [7, 11) is -3.50. The van der Waals surface area contributed by atoms with Crippen molar-refractivity contribution in [2.45, 2.75) is 91.7 Å². The van der Waals surface area contributed by atoms with E-state index in [2.05, 4.69) is 106 Å². The van der Waals surface area contributed by atoms with E-state index < -0.39 is 16.6 Å². The Morgan fingerprint density at radius 2 is 1.00 bits per heavy atom. The van der Waals surface area contributed by atoms with Gasteiger partial charge >= 0.3 is 0 Å². The molecule has 1 rings (SSSR count). The lowest BCUT2D eigenvalue weighted by atomic mass is 9.93. The highest BCUT2D eigenvalue weighted by Gasteiger charge is 2.40. The van der Waals surface area contributed by atoms with Crippen molar-refractivity contribution in [1.29, 1.82) is 0 Å². The normalized spacial score (nSPS) is 24.1. The molecule has 2 nitrogen and oxygen atoms in total. The van der Waals surface area contributed by atoms with Gasteiger partial charge in [0.05, 0.1) is 0 Å². The quantitative estimate of drug-likeness (QED) is 0.335. The summed E-state index contributed by atoms with van der Waals surface area (Å²) in [5.74, 6) is 0.754. The van der Waals surface area contributed by atoms with Crippen LogP contribution in [0, 0.1) is 17.3 Å². The highest BCUT2D eigenvalue weighted by molar-refractivity contribution is 6.74. The van der Waals surface area contributed by atoms with Gasteiger partial charge in [-0.3, -0.25) is 0 Å². The summed E-state index contributed by atoms with van der Waals surface area (Å²) in [6, 6.07) is 0. The molecule has 158 valence electrons. The van der Waals surface area contributed by atoms with E-state index >= 15 is 0 Å². The Balaban J connectivity index is 2.95. The van der Waals surface area contributed by atoms with Crippen molar-refractivity contribution in [3.63, 3.8) is 0 Å². The van der Waals surface area contributed by atoms with E-state index in [1.165, 1.54) is 0 Å². The van der Waals surface area contributed by atoms with E-state index in [0.717, 1.165) is 13.2 Å². The minimum absolute atomic E-state index is 0.0982. The molecule has 0 bridgehead atoms. The van der Waals surface area contributed by atoms with Crippen LogP contribution < -0.4 is 0 Å². The van der Waals surface area contributed by atoms with Crippen LogP contribution in [0.25, 0.3) is 0 Å². The number of allylic oxidation sites excluding steroid dienone is 2. The third-order valence-corrected chi connectivity index (χ3v) is 16.0. The molecule has 1 aliphatic carbocycles. The zero-order chi connectivity index (χ0) is 21.3. The van der Waals surface area contributed by atoms with E-state index in [9.17, 15) is 0 Å². The average Bonchev–Trinajstić information content (AvgIpc) is 2.59. The molecule has 4 heteroatoms. The van der Waals surface area contributed by atoms with Crippen LogP contribution in [-0.4, -0.2) is 29.8 Å². The Labute approximate surface area is 172 Å². The fourth-order valence-corrected chi connectivity index (χ4v) is 4.57. The van der Waals surface area contributed by atoms with Crippen molar-refractivity contribution in [2.75, 3.05) is 13.2 Å². The predicted octanol–water partition coefficient (Wildman–Crippen LogP) is 7.41. The fourth-order valence-electron chi connectivity index (χ4n) is 2.48. The molecule has 0 aromatic carbocycles. The molecule has 0 spiro atoms. The zero-order valence-electron chi connectivity index (χ0n) is 20.2. The van der Waals surface area contributed by atoms with Gasteiger partial charge in [0.25, 0.3) is 0 Å². The molecule has 0 N–H and O–H groups in total. The second-order valence-corrected chi connectivity index (χ2v) is 21.6. The molecule has 1 aliphatic rings. The van der Waals surface area contributed by atoms with Crippen molar-refractivity contribution in [3.8, 4) is 0 Å². The van der Waals surface area contributed by atoms with Gasteiger partial charge in [0.1, 0.15) is 0 Å². The summed E-state index contributed by atoms with van der Waals surface area (Å²) < 4.78 is 13.2.